The summed E-state index contributed by atoms with van der Waals surface area (Å²) in [5.41, 5.74) is 2.39. The average Bonchev–Trinajstić information content (AvgIpc) is 2.73. The molecule has 6 nitrogen and oxygen atoms in total. The normalized spacial score (nSPS) is 14.9. The second-order valence-corrected chi connectivity index (χ2v) is 6.75. The number of aromatic nitrogens is 1. The number of guanidine groups is 1. The van der Waals surface area contributed by atoms with Crippen LogP contribution in [0.25, 0.3) is 0 Å². The number of rotatable bonds is 6. The van der Waals surface area contributed by atoms with E-state index in [1.807, 2.05) is 36.5 Å². The van der Waals surface area contributed by atoms with Crippen molar-refractivity contribution < 1.29 is 4.74 Å². The quantitative estimate of drug-likeness (QED) is 0.589. The summed E-state index contributed by atoms with van der Waals surface area (Å²) < 4.78 is 5.44. The molecule has 0 saturated carbocycles. The molecule has 0 spiro atoms. The Bertz CT molecular complexity index is 744. The molecule has 0 radical (unpaired) electrons. The molecule has 1 fully saturated rings. The zero-order chi connectivity index (χ0) is 18.9. The van der Waals surface area contributed by atoms with E-state index in [-0.39, 0.29) is 0 Å². The van der Waals surface area contributed by atoms with Gasteiger partial charge in [-0.2, -0.15) is 0 Å². The van der Waals surface area contributed by atoms with Gasteiger partial charge in [-0.25, -0.2) is 4.98 Å². The summed E-state index contributed by atoms with van der Waals surface area (Å²) in [5.74, 6) is 1.80. The maximum absolute atomic E-state index is 5.93. The number of hydrogen-bond donors (Lipinski definition) is 2. The molecule has 1 saturated heterocycles. The molecule has 1 aromatic heterocycles. The fraction of sp³-hybridized carbons (Fsp3) is 0.400. The van der Waals surface area contributed by atoms with Crippen LogP contribution in [0.5, 0.6) is 0 Å². The van der Waals surface area contributed by atoms with E-state index in [4.69, 9.17) is 16.3 Å². The molecule has 0 bridgehead atoms. The Labute approximate surface area is 165 Å². The molecule has 1 aromatic carbocycles. The number of pyridine rings is 1. The van der Waals surface area contributed by atoms with Crippen molar-refractivity contribution in [3.05, 3.63) is 58.7 Å². The number of morpholine rings is 1. The zero-order valence-corrected chi connectivity index (χ0v) is 16.4. The van der Waals surface area contributed by atoms with Crippen molar-refractivity contribution in [2.75, 3.05) is 44.8 Å². The van der Waals surface area contributed by atoms with E-state index < -0.39 is 0 Å². The highest BCUT2D eigenvalue weighted by Crippen LogP contribution is 2.18. The number of hydrogen-bond acceptors (Lipinski definition) is 4. The molecule has 1 aliphatic heterocycles. The lowest BCUT2D eigenvalue weighted by Gasteiger charge is -2.29. The fourth-order valence-electron chi connectivity index (χ4n) is 3.00. The number of benzene rings is 1. The van der Waals surface area contributed by atoms with Crippen LogP contribution in [-0.2, 0) is 17.7 Å². The maximum Gasteiger partial charge on any atom is 0.191 e. The number of aliphatic imine (C=N–C) groups is 1. The smallest absolute Gasteiger partial charge is 0.191 e. The number of ether oxygens (including phenoxy) is 1. The van der Waals surface area contributed by atoms with E-state index >= 15 is 0 Å². The van der Waals surface area contributed by atoms with Crippen LogP contribution >= 0.6 is 11.6 Å². The van der Waals surface area contributed by atoms with Crippen molar-refractivity contribution in [1.82, 2.24) is 15.6 Å². The Morgan fingerprint density at radius 2 is 1.96 bits per heavy atom. The second kappa shape index (κ2) is 10.1. The SMILES string of the molecule is CN=C(NCCc1ccc(Cl)cc1)NCc1cccnc1N1CCOCC1. The Morgan fingerprint density at radius 1 is 1.19 bits per heavy atom. The van der Waals surface area contributed by atoms with Gasteiger partial charge in [-0.1, -0.05) is 29.8 Å². The number of anilines is 1. The van der Waals surface area contributed by atoms with Gasteiger partial charge in [0.1, 0.15) is 5.82 Å². The molecule has 2 N–H and O–H groups in total. The maximum atomic E-state index is 5.93. The number of nitrogens with one attached hydrogen (secondary N) is 2. The van der Waals surface area contributed by atoms with Crippen molar-refractivity contribution in [2.45, 2.75) is 13.0 Å². The van der Waals surface area contributed by atoms with Crippen LogP contribution in [0.1, 0.15) is 11.1 Å². The molecule has 1 aliphatic rings. The highest BCUT2D eigenvalue weighted by atomic mass is 35.5. The van der Waals surface area contributed by atoms with E-state index in [9.17, 15) is 0 Å². The molecule has 2 heterocycles. The molecule has 0 aliphatic carbocycles. The first kappa shape index (κ1) is 19.5. The highest BCUT2D eigenvalue weighted by molar-refractivity contribution is 6.30. The first-order valence-electron chi connectivity index (χ1n) is 9.22. The predicted molar refractivity (Wildman–Crippen MR) is 111 cm³/mol. The third-order valence-electron chi connectivity index (χ3n) is 4.47. The van der Waals surface area contributed by atoms with Gasteiger partial charge in [-0.05, 0) is 30.2 Å². The lowest BCUT2D eigenvalue weighted by Crippen LogP contribution is -2.40. The predicted octanol–water partition coefficient (Wildman–Crippen LogP) is 2.48. The highest BCUT2D eigenvalue weighted by Gasteiger charge is 2.15. The molecule has 7 heteroatoms. The fourth-order valence-corrected chi connectivity index (χ4v) is 3.13. The molecular weight excluding hydrogens is 362 g/mol. The Morgan fingerprint density at radius 3 is 2.70 bits per heavy atom. The topological polar surface area (TPSA) is 61.8 Å². The molecule has 2 aromatic rings. The molecule has 0 amide bonds. The lowest BCUT2D eigenvalue weighted by atomic mass is 10.1. The zero-order valence-electron chi connectivity index (χ0n) is 15.6. The van der Waals surface area contributed by atoms with Crippen LogP contribution in [0.2, 0.25) is 5.02 Å². The van der Waals surface area contributed by atoms with Crippen LogP contribution < -0.4 is 15.5 Å². The van der Waals surface area contributed by atoms with E-state index in [2.05, 4.69) is 31.6 Å². The lowest BCUT2D eigenvalue weighted by molar-refractivity contribution is 0.122. The minimum Gasteiger partial charge on any atom is -0.378 e. The Kier molecular flexibility index (Phi) is 7.30. The van der Waals surface area contributed by atoms with Crippen molar-refractivity contribution in [1.29, 1.82) is 0 Å². The van der Waals surface area contributed by atoms with Crippen molar-refractivity contribution in [3.63, 3.8) is 0 Å². The average molecular weight is 388 g/mol. The summed E-state index contributed by atoms with van der Waals surface area (Å²) in [5, 5.41) is 7.49. The molecule has 0 unspecified atom stereocenters. The second-order valence-electron chi connectivity index (χ2n) is 6.31. The van der Waals surface area contributed by atoms with Crippen LogP contribution in [0.4, 0.5) is 5.82 Å². The molecule has 144 valence electrons. The first-order valence-corrected chi connectivity index (χ1v) is 9.59. The van der Waals surface area contributed by atoms with E-state index in [1.54, 1.807) is 7.05 Å². The van der Waals surface area contributed by atoms with Gasteiger partial charge in [0.25, 0.3) is 0 Å². The van der Waals surface area contributed by atoms with Crippen molar-refractivity contribution >= 4 is 23.4 Å². The van der Waals surface area contributed by atoms with Gasteiger partial charge in [-0.3, -0.25) is 4.99 Å². The van der Waals surface area contributed by atoms with Gasteiger partial charge in [0.15, 0.2) is 5.96 Å². The monoisotopic (exact) mass is 387 g/mol. The largest absolute Gasteiger partial charge is 0.378 e. The van der Waals surface area contributed by atoms with E-state index in [0.717, 1.165) is 61.6 Å². The van der Waals surface area contributed by atoms with E-state index in [0.29, 0.717) is 6.54 Å². The third kappa shape index (κ3) is 5.84. The van der Waals surface area contributed by atoms with Gasteiger partial charge in [0, 0.05) is 50.0 Å². The van der Waals surface area contributed by atoms with Crippen molar-refractivity contribution in [2.24, 2.45) is 4.99 Å². The summed E-state index contributed by atoms with van der Waals surface area (Å²) >= 11 is 5.93. The summed E-state index contributed by atoms with van der Waals surface area (Å²) in [6, 6.07) is 12.0. The van der Waals surface area contributed by atoms with Gasteiger partial charge in [0.2, 0.25) is 0 Å². The van der Waals surface area contributed by atoms with E-state index in [1.165, 1.54) is 5.56 Å². The van der Waals surface area contributed by atoms with Crippen LogP contribution in [0.15, 0.2) is 47.6 Å². The van der Waals surface area contributed by atoms with Crippen LogP contribution in [0, 0.1) is 0 Å². The summed E-state index contributed by atoms with van der Waals surface area (Å²) in [6.45, 7) is 4.71. The Balaban J connectivity index is 1.51. The van der Waals surface area contributed by atoms with Gasteiger partial charge >= 0.3 is 0 Å². The number of nitrogens with zero attached hydrogens (tertiary/aromatic N) is 3. The van der Waals surface area contributed by atoms with Crippen molar-refractivity contribution in [3.8, 4) is 0 Å². The van der Waals surface area contributed by atoms with Gasteiger partial charge in [-0.15, -0.1) is 0 Å². The third-order valence-corrected chi connectivity index (χ3v) is 4.72. The molecular formula is C20H26ClN5O. The van der Waals surface area contributed by atoms with Gasteiger partial charge in [0.05, 0.1) is 13.2 Å². The number of halogens is 1. The summed E-state index contributed by atoms with van der Waals surface area (Å²) in [4.78, 5) is 11.2. The molecule has 0 atom stereocenters. The van der Waals surface area contributed by atoms with Gasteiger partial charge < -0.3 is 20.3 Å². The minimum atomic E-state index is 0.668. The molecule has 3 rings (SSSR count). The minimum absolute atomic E-state index is 0.668. The Hall–Kier alpha value is -2.31. The van der Waals surface area contributed by atoms with Crippen LogP contribution in [-0.4, -0.2) is 50.8 Å². The summed E-state index contributed by atoms with van der Waals surface area (Å²) in [6.07, 6.45) is 2.75. The summed E-state index contributed by atoms with van der Waals surface area (Å²) in [7, 11) is 1.78. The molecule has 27 heavy (non-hydrogen) atoms. The standard InChI is InChI=1S/C20H26ClN5O/c1-22-20(24-10-8-16-4-6-18(21)7-5-16)25-15-17-3-2-9-23-19(17)26-11-13-27-14-12-26/h2-7,9H,8,10-15H2,1H3,(H2,22,24,25). The first-order chi connectivity index (χ1) is 13.3. The van der Waals surface area contributed by atoms with Crippen LogP contribution in [0.3, 0.4) is 0 Å².